The van der Waals surface area contributed by atoms with Gasteiger partial charge in [-0.1, -0.05) is 0 Å². The van der Waals surface area contributed by atoms with Crippen LogP contribution in [0.25, 0.3) is 0 Å². The third-order valence-corrected chi connectivity index (χ3v) is 3.99. The van der Waals surface area contributed by atoms with Crippen LogP contribution in [0, 0.1) is 5.92 Å². The number of piperazine rings is 1. The van der Waals surface area contributed by atoms with Crippen molar-refractivity contribution in [1.82, 2.24) is 15.1 Å². The maximum absolute atomic E-state index is 12.2. The van der Waals surface area contributed by atoms with Crippen LogP contribution in [0.5, 0.6) is 0 Å². The molecule has 1 N–H and O–H groups in total. The molecule has 2 fully saturated rings. The molecule has 0 bridgehead atoms. The number of rotatable bonds is 3. The highest BCUT2D eigenvalue weighted by Crippen LogP contribution is 2.18. The molecule has 0 aromatic heterocycles. The van der Waals surface area contributed by atoms with E-state index in [2.05, 4.69) is 29.2 Å². The molecule has 0 aromatic carbocycles. The van der Waals surface area contributed by atoms with Crippen molar-refractivity contribution in [2.45, 2.75) is 25.3 Å². The maximum Gasteiger partial charge on any atom is 0.138 e. The monoisotopic (exact) mass is 239 g/mol. The smallest absolute Gasteiger partial charge is 0.138 e. The third-order valence-electron chi connectivity index (χ3n) is 3.99. The number of hydrogen-bond donors (Lipinski definition) is 1. The molecule has 2 atom stereocenters. The molecular weight excluding hydrogens is 214 g/mol. The Morgan fingerprint density at radius 3 is 2.71 bits per heavy atom. The van der Waals surface area contributed by atoms with E-state index in [1.807, 2.05) is 0 Å². The zero-order valence-corrected chi connectivity index (χ0v) is 11.1. The lowest BCUT2D eigenvalue weighted by Gasteiger charge is -2.33. The van der Waals surface area contributed by atoms with Crippen LogP contribution < -0.4 is 5.32 Å². The molecule has 0 saturated carbocycles. The molecule has 0 spiro atoms. The second kappa shape index (κ2) is 5.94. The number of carbonyl (C=O) groups is 1. The first-order valence-electron chi connectivity index (χ1n) is 6.78. The van der Waals surface area contributed by atoms with Crippen molar-refractivity contribution in [2.24, 2.45) is 5.92 Å². The van der Waals surface area contributed by atoms with Crippen molar-refractivity contribution in [1.29, 1.82) is 0 Å². The van der Waals surface area contributed by atoms with Crippen LogP contribution in [0.4, 0.5) is 0 Å². The number of likely N-dealkylation sites (N-methyl/N-ethyl adjacent to an activating group) is 1. The van der Waals surface area contributed by atoms with Crippen LogP contribution in [0.15, 0.2) is 0 Å². The highest BCUT2D eigenvalue weighted by Gasteiger charge is 2.27. The van der Waals surface area contributed by atoms with Crippen LogP contribution in [-0.4, -0.2) is 68.4 Å². The van der Waals surface area contributed by atoms with Gasteiger partial charge in [0.15, 0.2) is 0 Å². The Morgan fingerprint density at radius 2 is 2.00 bits per heavy atom. The lowest BCUT2D eigenvalue weighted by molar-refractivity contribution is -0.125. The van der Waals surface area contributed by atoms with Gasteiger partial charge in [-0.05, 0) is 33.5 Å². The summed E-state index contributed by atoms with van der Waals surface area (Å²) in [6, 6.07) is 0.369. The molecule has 2 aliphatic rings. The van der Waals surface area contributed by atoms with Crippen molar-refractivity contribution in [3.05, 3.63) is 0 Å². The summed E-state index contributed by atoms with van der Waals surface area (Å²) < 4.78 is 0. The summed E-state index contributed by atoms with van der Waals surface area (Å²) in [6.45, 7) is 5.22. The minimum atomic E-state index is 0.280. The molecule has 0 radical (unpaired) electrons. The molecule has 4 heteroatoms. The van der Waals surface area contributed by atoms with Crippen molar-refractivity contribution in [3.63, 3.8) is 0 Å². The van der Waals surface area contributed by atoms with E-state index in [4.69, 9.17) is 0 Å². The number of piperidine rings is 1. The number of carbonyl (C=O) groups excluding carboxylic acids is 1. The van der Waals surface area contributed by atoms with Gasteiger partial charge in [-0.2, -0.15) is 0 Å². The number of ketones is 1. The number of hydrogen-bond acceptors (Lipinski definition) is 4. The van der Waals surface area contributed by atoms with E-state index in [0.29, 0.717) is 18.2 Å². The van der Waals surface area contributed by atoms with Gasteiger partial charge in [-0.15, -0.1) is 0 Å². The van der Waals surface area contributed by atoms with Gasteiger partial charge in [0, 0.05) is 44.6 Å². The number of likely N-dealkylation sites (tertiary alicyclic amines) is 1. The SMILES string of the molecule is CN1CCNC(CC(=O)C2CCCN(C)C2)C1. The standard InChI is InChI=1S/C13H25N3O/c1-15-6-3-4-11(9-15)13(17)8-12-10-16(2)7-5-14-12/h11-12,14H,3-10H2,1-2H3. The summed E-state index contributed by atoms with van der Waals surface area (Å²) in [5.74, 6) is 0.743. The molecule has 17 heavy (non-hydrogen) atoms. The highest BCUT2D eigenvalue weighted by atomic mass is 16.1. The fourth-order valence-electron chi connectivity index (χ4n) is 2.97. The molecule has 98 valence electrons. The second-order valence-electron chi connectivity index (χ2n) is 5.69. The van der Waals surface area contributed by atoms with E-state index < -0.39 is 0 Å². The van der Waals surface area contributed by atoms with Crippen LogP contribution in [-0.2, 0) is 4.79 Å². The summed E-state index contributed by atoms with van der Waals surface area (Å²) in [7, 11) is 4.25. The number of Topliss-reactive ketones (excluding diaryl/α,β-unsaturated/α-hetero) is 1. The molecule has 4 nitrogen and oxygen atoms in total. The Hall–Kier alpha value is -0.450. The molecule has 2 rings (SSSR count). The summed E-state index contributed by atoms with van der Waals surface area (Å²) in [5.41, 5.74) is 0. The molecule has 2 heterocycles. The molecule has 2 aliphatic heterocycles. The second-order valence-corrected chi connectivity index (χ2v) is 5.69. The lowest BCUT2D eigenvalue weighted by Crippen LogP contribution is -2.50. The normalized spacial score (nSPS) is 32.6. The van der Waals surface area contributed by atoms with Gasteiger partial charge in [-0.3, -0.25) is 4.79 Å². The van der Waals surface area contributed by atoms with Crippen molar-refractivity contribution < 1.29 is 4.79 Å². The average molecular weight is 239 g/mol. The Balaban J connectivity index is 1.79. The summed E-state index contributed by atoms with van der Waals surface area (Å²) in [4.78, 5) is 16.8. The van der Waals surface area contributed by atoms with Crippen molar-refractivity contribution in [3.8, 4) is 0 Å². The summed E-state index contributed by atoms with van der Waals surface area (Å²) >= 11 is 0. The van der Waals surface area contributed by atoms with Crippen LogP contribution in [0.1, 0.15) is 19.3 Å². The average Bonchev–Trinajstić information content (AvgIpc) is 2.29. The van der Waals surface area contributed by atoms with E-state index in [1.165, 1.54) is 6.42 Å². The van der Waals surface area contributed by atoms with E-state index in [1.54, 1.807) is 0 Å². The molecule has 0 aromatic rings. The van der Waals surface area contributed by atoms with E-state index >= 15 is 0 Å². The Bertz CT molecular complexity index is 269. The highest BCUT2D eigenvalue weighted by molar-refractivity contribution is 5.82. The molecule has 0 amide bonds. The predicted octanol–water partition coefficient (Wildman–Crippen LogP) is 0.191. The van der Waals surface area contributed by atoms with E-state index in [9.17, 15) is 4.79 Å². The van der Waals surface area contributed by atoms with Gasteiger partial charge < -0.3 is 15.1 Å². The van der Waals surface area contributed by atoms with E-state index in [-0.39, 0.29) is 5.92 Å². The van der Waals surface area contributed by atoms with Gasteiger partial charge in [0.05, 0.1) is 0 Å². The van der Waals surface area contributed by atoms with Crippen molar-refractivity contribution in [2.75, 3.05) is 46.8 Å². The lowest BCUT2D eigenvalue weighted by atomic mass is 9.90. The van der Waals surface area contributed by atoms with Crippen LogP contribution >= 0.6 is 0 Å². The Morgan fingerprint density at radius 1 is 1.24 bits per heavy atom. The van der Waals surface area contributed by atoms with Crippen LogP contribution in [0.3, 0.4) is 0 Å². The summed E-state index contributed by atoms with van der Waals surface area (Å²) in [6.07, 6.45) is 2.97. The first-order valence-corrected chi connectivity index (χ1v) is 6.78. The van der Waals surface area contributed by atoms with Gasteiger partial charge in [0.2, 0.25) is 0 Å². The fraction of sp³-hybridized carbons (Fsp3) is 0.923. The minimum absolute atomic E-state index is 0.280. The largest absolute Gasteiger partial charge is 0.311 e. The van der Waals surface area contributed by atoms with Gasteiger partial charge >= 0.3 is 0 Å². The van der Waals surface area contributed by atoms with Gasteiger partial charge in [0.25, 0.3) is 0 Å². The molecular formula is C13H25N3O. The minimum Gasteiger partial charge on any atom is -0.311 e. The van der Waals surface area contributed by atoms with Gasteiger partial charge in [0.1, 0.15) is 5.78 Å². The zero-order chi connectivity index (χ0) is 12.3. The first kappa shape index (κ1) is 13.0. The van der Waals surface area contributed by atoms with Gasteiger partial charge in [-0.25, -0.2) is 0 Å². The molecule has 2 unspecified atom stereocenters. The summed E-state index contributed by atoms with van der Waals surface area (Å²) in [5, 5.41) is 3.45. The molecule has 0 aliphatic carbocycles. The zero-order valence-electron chi connectivity index (χ0n) is 11.1. The topological polar surface area (TPSA) is 35.6 Å². The Kier molecular flexibility index (Phi) is 4.54. The van der Waals surface area contributed by atoms with Crippen molar-refractivity contribution >= 4 is 5.78 Å². The first-order chi connectivity index (χ1) is 8.15. The Labute approximate surface area is 104 Å². The molecule has 2 saturated heterocycles. The third kappa shape index (κ3) is 3.76. The fourth-order valence-corrected chi connectivity index (χ4v) is 2.97. The quantitative estimate of drug-likeness (QED) is 0.763. The number of nitrogens with zero attached hydrogens (tertiary/aromatic N) is 2. The predicted molar refractivity (Wildman–Crippen MR) is 69.1 cm³/mol. The maximum atomic E-state index is 12.2. The van der Waals surface area contributed by atoms with Crippen LogP contribution in [0.2, 0.25) is 0 Å². The number of nitrogens with one attached hydrogen (secondary N) is 1. The van der Waals surface area contributed by atoms with E-state index in [0.717, 1.165) is 39.1 Å².